The first-order valence-electron chi connectivity index (χ1n) is 3.91. The number of halogens is 1. The highest BCUT2D eigenvalue weighted by Gasteiger charge is 2.26. The summed E-state index contributed by atoms with van der Waals surface area (Å²) in [6, 6.07) is 0. The summed E-state index contributed by atoms with van der Waals surface area (Å²) >= 11 is 5.53. The zero-order valence-corrected chi connectivity index (χ0v) is 8.54. The largest absolute Gasteiger partial charge is 0.480 e. The van der Waals surface area contributed by atoms with Crippen molar-refractivity contribution < 1.29 is 9.90 Å². The highest BCUT2D eigenvalue weighted by Crippen LogP contribution is 2.12. The Kier molecular flexibility index (Phi) is 2.90. The van der Waals surface area contributed by atoms with Crippen molar-refractivity contribution in [2.75, 3.05) is 5.32 Å². The summed E-state index contributed by atoms with van der Waals surface area (Å²) in [5, 5.41) is 11.8. The number of carbonyl (C=O) groups is 1. The Morgan fingerprint density at radius 2 is 2.14 bits per heavy atom. The van der Waals surface area contributed by atoms with Crippen LogP contribution in [0.5, 0.6) is 0 Å². The van der Waals surface area contributed by atoms with Gasteiger partial charge in [-0.3, -0.25) is 0 Å². The first-order valence-corrected chi connectivity index (χ1v) is 4.29. The number of carboxylic acids is 1. The molecule has 0 saturated carbocycles. The predicted molar refractivity (Wildman–Crippen MR) is 52.4 cm³/mol. The summed E-state index contributed by atoms with van der Waals surface area (Å²) in [7, 11) is 0. The quantitative estimate of drug-likeness (QED) is 0.797. The Morgan fingerprint density at radius 3 is 2.57 bits per heavy atom. The van der Waals surface area contributed by atoms with Crippen LogP contribution in [0.3, 0.4) is 0 Å². The van der Waals surface area contributed by atoms with E-state index < -0.39 is 11.5 Å². The Morgan fingerprint density at radius 1 is 1.50 bits per heavy atom. The van der Waals surface area contributed by atoms with Gasteiger partial charge in [-0.05, 0) is 13.8 Å². The normalized spacial score (nSPS) is 11.1. The molecule has 0 aliphatic heterocycles. The van der Waals surface area contributed by atoms with Gasteiger partial charge in [0.1, 0.15) is 16.5 Å². The third kappa shape index (κ3) is 2.56. The van der Waals surface area contributed by atoms with Gasteiger partial charge in [0.05, 0.1) is 12.4 Å². The van der Waals surface area contributed by atoms with Crippen LogP contribution in [0, 0.1) is 0 Å². The number of rotatable bonds is 3. The minimum atomic E-state index is -1.08. The first-order chi connectivity index (χ1) is 6.42. The molecule has 0 atom stereocenters. The van der Waals surface area contributed by atoms with E-state index in [0.717, 1.165) is 0 Å². The highest BCUT2D eigenvalue weighted by atomic mass is 35.5. The van der Waals surface area contributed by atoms with Gasteiger partial charge >= 0.3 is 5.97 Å². The van der Waals surface area contributed by atoms with E-state index >= 15 is 0 Å². The van der Waals surface area contributed by atoms with Crippen molar-refractivity contribution in [2.45, 2.75) is 19.4 Å². The molecule has 76 valence electrons. The van der Waals surface area contributed by atoms with E-state index in [9.17, 15) is 4.79 Å². The predicted octanol–water partition coefficient (Wildman–Crippen LogP) is 1.41. The summed E-state index contributed by atoms with van der Waals surface area (Å²) in [5.74, 6) is -0.587. The van der Waals surface area contributed by atoms with Crippen LogP contribution in [-0.2, 0) is 4.79 Å². The van der Waals surface area contributed by atoms with E-state index in [1.165, 1.54) is 26.2 Å². The fraction of sp³-hybridized carbons (Fsp3) is 0.375. The molecule has 0 unspecified atom stereocenters. The molecule has 14 heavy (non-hydrogen) atoms. The van der Waals surface area contributed by atoms with E-state index in [2.05, 4.69) is 15.3 Å². The lowest BCUT2D eigenvalue weighted by Crippen LogP contribution is -2.40. The van der Waals surface area contributed by atoms with Crippen LogP contribution >= 0.6 is 11.6 Å². The van der Waals surface area contributed by atoms with Gasteiger partial charge in [-0.25, -0.2) is 14.8 Å². The molecule has 0 spiro atoms. The van der Waals surface area contributed by atoms with Gasteiger partial charge in [0.2, 0.25) is 0 Å². The Hall–Kier alpha value is -1.36. The smallest absolute Gasteiger partial charge is 0.328 e. The summed E-state index contributed by atoms with van der Waals surface area (Å²) in [4.78, 5) is 18.4. The monoisotopic (exact) mass is 215 g/mol. The number of aliphatic carboxylic acids is 1. The van der Waals surface area contributed by atoms with Gasteiger partial charge in [0, 0.05) is 0 Å². The molecule has 0 aliphatic rings. The molecular formula is C8H10ClN3O2. The Labute approximate surface area is 86.1 Å². The molecule has 0 aromatic carbocycles. The number of nitrogens with one attached hydrogen (secondary N) is 1. The zero-order chi connectivity index (χ0) is 10.8. The molecule has 0 radical (unpaired) electrons. The molecule has 0 aliphatic carbocycles. The molecular weight excluding hydrogens is 206 g/mol. The lowest BCUT2D eigenvalue weighted by atomic mass is 10.1. The summed E-state index contributed by atoms with van der Waals surface area (Å²) < 4.78 is 0. The number of anilines is 1. The van der Waals surface area contributed by atoms with Crippen molar-refractivity contribution in [2.24, 2.45) is 0 Å². The number of nitrogens with zero attached hydrogens (tertiary/aromatic N) is 2. The molecule has 1 rings (SSSR count). The number of carboxylic acid groups (broad SMARTS) is 1. The average molecular weight is 216 g/mol. The third-order valence-electron chi connectivity index (χ3n) is 1.60. The van der Waals surface area contributed by atoms with Crippen molar-refractivity contribution >= 4 is 23.4 Å². The summed E-state index contributed by atoms with van der Waals surface area (Å²) in [6.07, 6.45) is 2.73. The van der Waals surface area contributed by atoms with Crippen LogP contribution in [0.25, 0.3) is 0 Å². The molecule has 1 aromatic rings. The van der Waals surface area contributed by atoms with Crippen molar-refractivity contribution in [1.82, 2.24) is 9.97 Å². The zero-order valence-electron chi connectivity index (χ0n) is 7.78. The molecule has 1 heterocycles. The van der Waals surface area contributed by atoms with Crippen LogP contribution in [0.15, 0.2) is 12.4 Å². The van der Waals surface area contributed by atoms with Gasteiger partial charge in [-0.1, -0.05) is 11.6 Å². The van der Waals surface area contributed by atoms with Gasteiger partial charge in [-0.15, -0.1) is 0 Å². The maximum absolute atomic E-state index is 10.8. The topological polar surface area (TPSA) is 75.1 Å². The Balaban J connectivity index is 2.79. The van der Waals surface area contributed by atoms with Crippen molar-refractivity contribution in [3.8, 4) is 0 Å². The van der Waals surface area contributed by atoms with E-state index in [-0.39, 0.29) is 5.15 Å². The van der Waals surface area contributed by atoms with Crippen molar-refractivity contribution in [3.63, 3.8) is 0 Å². The van der Waals surface area contributed by atoms with Gasteiger partial charge in [0.25, 0.3) is 0 Å². The van der Waals surface area contributed by atoms with E-state index in [0.29, 0.717) is 5.82 Å². The maximum Gasteiger partial charge on any atom is 0.328 e. The highest BCUT2D eigenvalue weighted by molar-refractivity contribution is 6.29. The molecule has 0 amide bonds. The van der Waals surface area contributed by atoms with Gasteiger partial charge in [-0.2, -0.15) is 0 Å². The lowest BCUT2D eigenvalue weighted by molar-refractivity contribution is -0.141. The minimum Gasteiger partial charge on any atom is -0.480 e. The van der Waals surface area contributed by atoms with Crippen molar-refractivity contribution in [1.29, 1.82) is 0 Å². The van der Waals surface area contributed by atoms with Crippen LogP contribution in [-0.4, -0.2) is 26.6 Å². The molecule has 0 saturated heterocycles. The van der Waals surface area contributed by atoms with Crippen LogP contribution < -0.4 is 5.32 Å². The molecule has 0 bridgehead atoms. The number of hydrogen-bond acceptors (Lipinski definition) is 4. The first kappa shape index (κ1) is 10.7. The molecule has 2 N–H and O–H groups in total. The van der Waals surface area contributed by atoms with E-state index in [4.69, 9.17) is 16.7 Å². The SMILES string of the molecule is CC(C)(Nc1cnc(Cl)cn1)C(=O)O. The van der Waals surface area contributed by atoms with Gasteiger partial charge in [0.15, 0.2) is 0 Å². The number of aromatic nitrogens is 2. The van der Waals surface area contributed by atoms with Crippen LogP contribution in [0.2, 0.25) is 5.15 Å². The molecule has 0 fully saturated rings. The standard InChI is InChI=1S/C8H10ClN3O2/c1-8(2,7(13)14)12-6-4-10-5(9)3-11-6/h3-4H,1-2H3,(H,11,12)(H,13,14). The fourth-order valence-electron chi connectivity index (χ4n) is 0.750. The third-order valence-corrected chi connectivity index (χ3v) is 1.79. The van der Waals surface area contributed by atoms with Gasteiger partial charge < -0.3 is 10.4 Å². The lowest BCUT2D eigenvalue weighted by Gasteiger charge is -2.21. The van der Waals surface area contributed by atoms with Crippen molar-refractivity contribution in [3.05, 3.63) is 17.5 Å². The van der Waals surface area contributed by atoms with Crippen LogP contribution in [0.1, 0.15) is 13.8 Å². The molecule has 1 aromatic heterocycles. The van der Waals surface area contributed by atoms with E-state index in [1.54, 1.807) is 0 Å². The minimum absolute atomic E-state index is 0.267. The second-order valence-electron chi connectivity index (χ2n) is 3.28. The summed E-state index contributed by atoms with van der Waals surface area (Å²) in [6.45, 7) is 3.07. The Bertz CT molecular complexity index is 337. The molecule has 5 nitrogen and oxygen atoms in total. The maximum atomic E-state index is 10.8. The fourth-order valence-corrected chi connectivity index (χ4v) is 0.848. The average Bonchev–Trinajstić information content (AvgIpc) is 2.08. The second-order valence-corrected chi connectivity index (χ2v) is 3.67. The van der Waals surface area contributed by atoms with E-state index in [1.807, 2.05) is 0 Å². The second kappa shape index (κ2) is 3.79. The molecule has 6 heteroatoms. The number of hydrogen-bond donors (Lipinski definition) is 2. The van der Waals surface area contributed by atoms with Crippen LogP contribution in [0.4, 0.5) is 5.82 Å². The summed E-state index contributed by atoms with van der Waals surface area (Å²) in [5.41, 5.74) is -1.08.